The summed E-state index contributed by atoms with van der Waals surface area (Å²) in [7, 11) is 0. The molecule has 1 aromatic rings. The molecule has 1 unspecified atom stereocenters. The van der Waals surface area contributed by atoms with Crippen LogP contribution < -0.4 is 10.6 Å². The van der Waals surface area contributed by atoms with Gasteiger partial charge in [0.05, 0.1) is 11.2 Å². The van der Waals surface area contributed by atoms with E-state index < -0.39 is 17.4 Å². The highest BCUT2D eigenvalue weighted by Gasteiger charge is 2.44. The van der Waals surface area contributed by atoms with Crippen LogP contribution in [-0.2, 0) is 4.74 Å². The predicted octanol–water partition coefficient (Wildman–Crippen LogP) is 2.28. The molecular formula is C13H17FN2O2. The fourth-order valence-electron chi connectivity index (χ4n) is 2.26. The van der Waals surface area contributed by atoms with Crippen molar-refractivity contribution in [1.29, 1.82) is 0 Å². The van der Waals surface area contributed by atoms with Crippen LogP contribution in [0, 0.1) is 5.82 Å². The first-order chi connectivity index (χ1) is 8.58. The van der Waals surface area contributed by atoms with Crippen molar-refractivity contribution < 1.29 is 13.9 Å². The lowest BCUT2D eigenvalue weighted by Gasteiger charge is -2.32. The van der Waals surface area contributed by atoms with Gasteiger partial charge in [0.25, 0.3) is 0 Å². The molecule has 0 radical (unpaired) electrons. The predicted molar refractivity (Wildman–Crippen MR) is 66.9 cm³/mol. The Hall–Kier alpha value is -1.62. The van der Waals surface area contributed by atoms with E-state index >= 15 is 0 Å². The van der Waals surface area contributed by atoms with Crippen LogP contribution in [0.4, 0.5) is 14.9 Å². The SMILES string of the molecule is CC1(CCCN)COC(=O)N1c1ccccc1F. The summed E-state index contributed by atoms with van der Waals surface area (Å²) in [6.07, 6.45) is 0.946. The molecule has 1 aliphatic heterocycles. The van der Waals surface area contributed by atoms with Crippen LogP contribution in [-0.4, -0.2) is 24.8 Å². The Balaban J connectivity index is 2.33. The van der Waals surface area contributed by atoms with E-state index in [0.717, 1.165) is 6.42 Å². The normalized spacial score (nSPS) is 23.3. The molecule has 1 aliphatic rings. The number of halogens is 1. The molecule has 18 heavy (non-hydrogen) atoms. The number of ether oxygens (including phenoxy) is 1. The van der Waals surface area contributed by atoms with E-state index in [4.69, 9.17) is 10.5 Å². The first-order valence-electron chi connectivity index (χ1n) is 6.00. The third-order valence-electron chi connectivity index (χ3n) is 3.24. The summed E-state index contributed by atoms with van der Waals surface area (Å²) < 4.78 is 18.9. The number of anilines is 1. The summed E-state index contributed by atoms with van der Waals surface area (Å²) in [6.45, 7) is 2.69. The number of hydrogen-bond donors (Lipinski definition) is 1. The lowest BCUT2D eigenvalue weighted by atomic mass is 9.95. The van der Waals surface area contributed by atoms with Crippen molar-refractivity contribution in [3.8, 4) is 0 Å². The van der Waals surface area contributed by atoms with Crippen molar-refractivity contribution in [2.45, 2.75) is 25.3 Å². The Labute approximate surface area is 106 Å². The molecule has 0 bridgehead atoms. The van der Waals surface area contributed by atoms with Gasteiger partial charge in [0.2, 0.25) is 0 Å². The average molecular weight is 252 g/mol. The van der Waals surface area contributed by atoms with Crippen LogP contribution >= 0.6 is 0 Å². The van der Waals surface area contributed by atoms with E-state index in [-0.39, 0.29) is 12.3 Å². The fraction of sp³-hybridized carbons (Fsp3) is 0.462. The molecule has 1 aromatic carbocycles. The van der Waals surface area contributed by atoms with Crippen LogP contribution in [0.3, 0.4) is 0 Å². The summed E-state index contributed by atoms with van der Waals surface area (Å²) in [5.74, 6) is -0.421. The summed E-state index contributed by atoms with van der Waals surface area (Å²) in [4.78, 5) is 13.2. The summed E-state index contributed by atoms with van der Waals surface area (Å²) in [6, 6.07) is 6.22. The molecule has 0 aliphatic carbocycles. The van der Waals surface area contributed by atoms with E-state index in [1.54, 1.807) is 18.2 Å². The van der Waals surface area contributed by atoms with Crippen LogP contribution in [0.1, 0.15) is 19.8 Å². The molecule has 4 nitrogen and oxygen atoms in total. The van der Waals surface area contributed by atoms with Gasteiger partial charge in [0.1, 0.15) is 12.4 Å². The van der Waals surface area contributed by atoms with Gasteiger partial charge in [-0.3, -0.25) is 4.90 Å². The second kappa shape index (κ2) is 4.94. The van der Waals surface area contributed by atoms with Crippen molar-refractivity contribution in [2.75, 3.05) is 18.1 Å². The Morgan fingerprint density at radius 1 is 1.50 bits per heavy atom. The van der Waals surface area contributed by atoms with Gasteiger partial charge in [-0.25, -0.2) is 9.18 Å². The molecule has 0 aromatic heterocycles. The van der Waals surface area contributed by atoms with Crippen LogP contribution in [0.5, 0.6) is 0 Å². The Morgan fingerprint density at radius 3 is 2.89 bits per heavy atom. The van der Waals surface area contributed by atoms with E-state index in [1.165, 1.54) is 11.0 Å². The summed E-state index contributed by atoms with van der Waals surface area (Å²) in [5.41, 5.74) is 5.23. The number of benzene rings is 1. The number of nitrogens with zero attached hydrogens (tertiary/aromatic N) is 1. The molecule has 0 spiro atoms. The molecule has 1 atom stereocenters. The number of carbonyl (C=O) groups is 1. The van der Waals surface area contributed by atoms with Crippen molar-refractivity contribution in [3.63, 3.8) is 0 Å². The van der Waals surface area contributed by atoms with Gasteiger partial charge in [0, 0.05) is 0 Å². The maximum atomic E-state index is 13.8. The molecule has 1 amide bonds. The Kier molecular flexibility index (Phi) is 3.52. The lowest BCUT2D eigenvalue weighted by Crippen LogP contribution is -2.45. The number of cyclic esters (lactones) is 1. The van der Waals surface area contributed by atoms with E-state index in [0.29, 0.717) is 13.0 Å². The Morgan fingerprint density at radius 2 is 2.22 bits per heavy atom. The molecular weight excluding hydrogens is 235 g/mol. The number of hydrogen-bond acceptors (Lipinski definition) is 3. The van der Waals surface area contributed by atoms with Gasteiger partial charge in [-0.2, -0.15) is 0 Å². The lowest BCUT2D eigenvalue weighted by molar-refractivity contribution is 0.173. The summed E-state index contributed by atoms with van der Waals surface area (Å²) in [5, 5.41) is 0. The number of para-hydroxylation sites is 1. The smallest absolute Gasteiger partial charge is 0.415 e. The molecule has 2 N–H and O–H groups in total. The third-order valence-corrected chi connectivity index (χ3v) is 3.24. The zero-order valence-electron chi connectivity index (χ0n) is 10.4. The molecule has 1 heterocycles. The largest absolute Gasteiger partial charge is 0.447 e. The average Bonchev–Trinajstić information content (AvgIpc) is 2.65. The van der Waals surface area contributed by atoms with Gasteiger partial charge >= 0.3 is 6.09 Å². The highest BCUT2D eigenvalue weighted by molar-refractivity contribution is 5.91. The van der Waals surface area contributed by atoms with Gasteiger partial charge in [-0.15, -0.1) is 0 Å². The Bertz CT molecular complexity index is 452. The zero-order chi connectivity index (χ0) is 13.2. The van der Waals surface area contributed by atoms with E-state index in [2.05, 4.69) is 0 Å². The minimum atomic E-state index is -0.529. The number of rotatable bonds is 4. The molecule has 0 saturated carbocycles. The summed E-state index contributed by atoms with van der Waals surface area (Å²) >= 11 is 0. The highest BCUT2D eigenvalue weighted by Crippen LogP contribution is 2.35. The molecule has 2 rings (SSSR count). The molecule has 1 fully saturated rings. The minimum absolute atomic E-state index is 0.263. The zero-order valence-corrected chi connectivity index (χ0v) is 10.4. The third kappa shape index (κ3) is 2.18. The van der Waals surface area contributed by atoms with Gasteiger partial charge < -0.3 is 10.5 Å². The standard InChI is InChI=1S/C13H17FN2O2/c1-13(7-4-8-15)9-18-12(17)16(13)11-6-3-2-5-10(11)14/h2-3,5-6H,4,7-9,15H2,1H3. The topological polar surface area (TPSA) is 55.6 Å². The van der Waals surface area contributed by atoms with Crippen molar-refractivity contribution >= 4 is 11.8 Å². The first-order valence-corrected chi connectivity index (χ1v) is 6.00. The quantitative estimate of drug-likeness (QED) is 0.894. The van der Waals surface area contributed by atoms with E-state index in [9.17, 15) is 9.18 Å². The van der Waals surface area contributed by atoms with Gasteiger partial charge in [0.15, 0.2) is 0 Å². The second-order valence-corrected chi connectivity index (χ2v) is 4.73. The molecule has 5 heteroatoms. The highest BCUT2D eigenvalue weighted by atomic mass is 19.1. The van der Waals surface area contributed by atoms with Crippen LogP contribution in [0.15, 0.2) is 24.3 Å². The molecule has 1 saturated heterocycles. The van der Waals surface area contributed by atoms with E-state index in [1.807, 2.05) is 6.92 Å². The van der Waals surface area contributed by atoms with Crippen LogP contribution in [0.2, 0.25) is 0 Å². The fourth-order valence-corrected chi connectivity index (χ4v) is 2.26. The van der Waals surface area contributed by atoms with Crippen LogP contribution in [0.25, 0.3) is 0 Å². The van der Waals surface area contributed by atoms with Crippen molar-refractivity contribution in [3.05, 3.63) is 30.1 Å². The van der Waals surface area contributed by atoms with Crippen molar-refractivity contribution in [2.24, 2.45) is 5.73 Å². The first kappa shape index (κ1) is 12.8. The van der Waals surface area contributed by atoms with Gasteiger partial charge in [-0.1, -0.05) is 12.1 Å². The van der Waals surface area contributed by atoms with Gasteiger partial charge in [-0.05, 0) is 38.4 Å². The number of nitrogens with two attached hydrogens (primary N) is 1. The number of carbonyl (C=O) groups excluding carboxylic acids is 1. The maximum Gasteiger partial charge on any atom is 0.415 e. The van der Waals surface area contributed by atoms with Crippen molar-refractivity contribution in [1.82, 2.24) is 0 Å². The molecule has 98 valence electrons. The minimum Gasteiger partial charge on any atom is -0.447 e. The second-order valence-electron chi connectivity index (χ2n) is 4.73. The monoisotopic (exact) mass is 252 g/mol. The maximum absolute atomic E-state index is 13.8. The number of amides is 1.